The van der Waals surface area contributed by atoms with Crippen molar-refractivity contribution in [2.75, 3.05) is 13.2 Å². The Balaban J connectivity index is 1.97. The molecule has 3 nitrogen and oxygen atoms in total. The van der Waals surface area contributed by atoms with E-state index in [9.17, 15) is 13.6 Å². The maximum atomic E-state index is 14.2. The maximum absolute atomic E-state index is 14.2. The highest BCUT2D eigenvalue weighted by Gasteiger charge is 2.16. The second-order valence-electron chi connectivity index (χ2n) is 4.60. The van der Waals surface area contributed by atoms with Crippen molar-refractivity contribution in [1.29, 1.82) is 0 Å². The number of benzene rings is 2. The van der Waals surface area contributed by atoms with Crippen molar-refractivity contribution >= 4 is 11.7 Å². The summed E-state index contributed by atoms with van der Waals surface area (Å²) >= 11 is 0. The van der Waals surface area contributed by atoms with Crippen LogP contribution in [0, 0.1) is 11.6 Å². The van der Waals surface area contributed by atoms with E-state index in [1.807, 2.05) is 0 Å². The number of aliphatic imine (C=N–C) groups is 1. The molecule has 0 fully saturated rings. The van der Waals surface area contributed by atoms with Gasteiger partial charge in [0.25, 0.3) is 0 Å². The zero-order chi connectivity index (χ0) is 14.8. The summed E-state index contributed by atoms with van der Waals surface area (Å²) in [7, 11) is 0. The van der Waals surface area contributed by atoms with E-state index in [0.29, 0.717) is 11.3 Å². The molecule has 2 aromatic rings. The van der Waals surface area contributed by atoms with Crippen molar-refractivity contribution in [3.05, 3.63) is 59.7 Å². The lowest BCUT2D eigenvalue weighted by atomic mass is 10.0. The molecule has 0 N–H and O–H groups in total. The van der Waals surface area contributed by atoms with Crippen molar-refractivity contribution in [1.82, 2.24) is 0 Å². The number of halogens is 2. The summed E-state index contributed by atoms with van der Waals surface area (Å²) in [4.78, 5) is 15.0. The van der Waals surface area contributed by atoms with Gasteiger partial charge < -0.3 is 4.74 Å². The van der Waals surface area contributed by atoms with Gasteiger partial charge in [-0.25, -0.2) is 8.78 Å². The van der Waals surface area contributed by atoms with Crippen molar-refractivity contribution in [2.45, 2.75) is 0 Å². The molecule has 0 saturated carbocycles. The summed E-state index contributed by atoms with van der Waals surface area (Å²) in [6, 6.07) is 10.4. The van der Waals surface area contributed by atoms with E-state index >= 15 is 0 Å². The van der Waals surface area contributed by atoms with Gasteiger partial charge in [0.15, 0.2) is 0 Å². The maximum Gasteiger partial charge on any atom is 0.328 e. The van der Waals surface area contributed by atoms with Crippen molar-refractivity contribution in [3.8, 4) is 11.1 Å². The number of hydrogen-bond acceptors (Lipinski definition) is 3. The van der Waals surface area contributed by atoms with Crippen LogP contribution in [0.3, 0.4) is 0 Å². The lowest BCUT2D eigenvalue weighted by molar-refractivity contribution is -0.140. The first kappa shape index (κ1) is 13.4. The molecule has 0 aliphatic carbocycles. The summed E-state index contributed by atoms with van der Waals surface area (Å²) in [5, 5.41) is 0. The molecule has 1 aliphatic rings. The monoisotopic (exact) mass is 287 g/mol. The quantitative estimate of drug-likeness (QED) is 0.796. The predicted octanol–water partition coefficient (Wildman–Crippen LogP) is 2.98. The first-order valence-electron chi connectivity index (χ1n) is 6.39. The van der Waals surface area contributed by atoms with Crippen molar-refractivity contribution in [2.24, 2.45) is 4.99 Å². The van der Waals surface area contributed by atoms with Crippen LogP contribution < -0.4 is 0 Å². The number of cyclic esters (lactones) is 1. The van der Waals surface area contributed by atoms with Gasteiger partial charge in [-0.1, -0.05) is 30.3 Å². The van der Waals surface area contributed by atoms with Crippen LogP contribution in [-0.4, -0.2) is 24.8 Å². The highest BCUT2D eigenvalue weighted by molar-refractivity contribution is 6.04. The predicted molar refractivity (Wildman–Crippen MR) is 74.2 cm³/mol. The van der Waals surface area contributed by atoms with Gasteiger partial charge in [-0.2, -0.15) is 0 Å². The molecule has 3 rings (SSSR count). The SMILES string of the molecule is O=C1CN=C(c2ccc(-c3ccccc3F)c(F)c2)CO1. The molecule has 0 saturated heterocycles. The zero-order valence-corrected chi connectivity index (χ0v) is 11.0. The Morgan fingerprint density at radius 3 is 2.43 bits per heavy atom. The van der Waals surface area contributed by atoms with Gasteiger partial charge in [0.1, 0.15) is 24.8 Å². The number of esters is 1. The Bertz CT molecular complexity index is 741. The average Bonchev–Trinajstić information content (AvgIpc) is 2.49. The van der Waals surface area contributed by atoms with Gasteiger partial charge >= 0.3 is 5.97 Å². The molecule has 0 amide bonds. The van der Waals surface area contributed by atoms with Crippen LogP contribution in [0.1, 0.15) is 5.56 Å². The molecule has 5 heteroatoms. The summed E-state index contributed by atoms with van der Waals surface area (Å²) in [5.74, 6) is -1.42. The molecular formula is C16H11F2NO2. The van der Waals surface area contributed by atoms with Crippen LogP contribution in [0.5, 0.6) is 0 Å². The number of ether oxygens (including phenoxy) is 1. The molecule has 0 aromatic heterocycles. The van der Waals surface area contributed by atoms with E-state index in [4.69, 9.17) is 4.74 Å². The molecule has 21 heavy (non-hydrogen) atoms. The number of hydrogen-bond donors (Lipinski definition) is 0. The second kappa shape index (κ2) is 5.44. The van der Waals surface area contributed by atoms with Gasteiger partial charge in [-0.15, -0.1) is 0 Å². The number of carbonyl (C=O) groups excluding carboxylic acids is 1. The molecular weight excluding hydrogens is 276 g/mol. The Hall–Kier alpha value is -2.56. The Morgan fingerprint density at radius 1 is 1.00 bits per heavy atom. The average molecular weight is 287 g/mol. The van der Waals surface area contributed by atoms with Gasteiger partial charge in [-0.3, -0.25) is 9.79 Å². The van der Waals surface area contributed by atoms with Crippen LogP contribution in [-0.2, 0) is 9.53 Å². The third kappa shape index (κ3) is 2.67. The highest BCUT2D eigenvalue weighted by Crippen LogP contribution is 2.26. The van der Waals surface area contributed by atoms with E-state index in [1.165, 1.54) is 24.3 Å². The first-order chi connectivity index (χ1) is 10.1. The van der Waals surface area contributed by atoms with Gasteiger partial charge in [0, 0.05) is 16.7 Å². The van der Waals surface area contributed by atoms with E-state index < -0.39 is 17.6 Å². The van der Waals surface area contributed by atoms with E-state index in [0.717, 1.165) is 0 Å². The third-order valence-electron chi connectivity index (χ3n) is 3.24. The molecule has 0 spiro atoms. The molecule has 0 radical (unpaired) electrons. The molecule has 1 aliphatic heterocycles. The van der Waals surface area contributed by atoms with Crippen molar-refractivity contribution < 1.29 is 18.3 Å². The Labute approximate surface area is 119 Å². The van der Waals surface area contributed by atoms with E-state index in [1.54, 1.807) is 18.2 Å². The van der Waals surface area contributed by atoms with Crippen LogP contribution in [0.15, 0.2) is 47.5 Å². The lowest BCUT2D eigenvalue weighted by Crippen LogP contribution is -2.23. The molecule has 0 unspecified atom stereocenters. The van der Waals surface area contributed by atoms with Gasteiger partial charge in [0.05, 0.1) is 5.71 Å². The highest BCUT2D eigenvalue weighted by atomic mass is 19.1. The van der Waals surface area contributed by atoms with Crippen LogP contribution in [0.4, 0.5) is 8.78 Å². The van der Waals surface area contributed by atoms with Crippen LogP contribution >= 0.6 is 0 Å². The minimum atomic E-state index is -0.544. The minimum absolute atomic E-state index is 0.0251. The lowest BCUT2D eigenvalue weighted by Gasteiger charge is -2.13. The largest absolute Gasteiger partial charge is 0.458 e. The smallest absolute Gasteiger partial charge is 0.328 e. The fraction of sp³-hybridized carbons (Fsp3) is 0.125. The normalized spacial score (nSPS) is 14.6. The minimum Gasteiger partial charge on any atom is -0.458 e. The summed E-state index contributed by atoms with van der Waals surface area (Å²) in [6.45, 7) is -0.0384. The number of carbonyl (C=O) groups is 1. The standard InChI is InChI=1S/C16H11F2NO2/c17-13-4-2-1-3-11(13)12-6-5-10(7-14(12)18)15-9-21-16(20)8-19-15/h1-7H,8-9H2. The summed E-state index contributed by atoms with van der Waals surface area (Å²) in [5.41, 5.74) is 1.43. The number of rotatable bonds is 2. The molecule has 106 valence electrons. The van der Waals surface area contributed by atoms with Crippen LogP contribution in [0.2, 0.25) is 0 Å². The third-order valence-corrected chi connectivity index (χ3v) is 3.24. The fourth-order valence-corrected chi connectivity index (χ4v) is 2.17. The molecule has 0 bridgehead atoms. The molecule has 0 atom stereocenters. The van der Waals surface area contributed by atoms with Gasteiger partial charge in [0.2, 0.25) is 0 Å². The van der Waals surface area contributed by atoms with Gasteiger partial charge in [-0.05, 0) is 12.1 Å². The van der Waals surface area contributed by atoms with Crippen LogP contribution in [0.25, 0.3) is 11.1 Å². The van der Waals surface area contributed by atoms with Crippen molar-refractivity contribution in [3.63, 3.8) is 0 Å². The number of nitrogens with zero attached hydrogens (tertiary/aromatic N) is 1. The summed E-state index contributed by atoms with van der Waals surface area (Å²) in [6.07, 6.45) is 0. The zero-order valence-electron chi connectivity index (χ0n) is 11.0. The fourth-order valence-electron chi connectivity index (χ4n) is 2.17. The Morgan fingerprint density at radius 2 is 1.76 bits per heavy atom. The Kier molecular flexibility index (Phi) is 3.48. The topological polar surface area (TPSA) is 38.7 Å². The second-order valence-corrected chi connectivity index (χ2v) is 4.60. The first-order valence-corrected chi connectivity index (χ1v) is 6.39. The molecule has 1 heterocycles. The molecule has 2 aromatic carbocycles. The summed E-state index contributed by atoms with van der Waals surface area (Å²) < 4.78 is 32.8. The van der Waals surface area contributed by atoms with E-state index in [2.05, 4.69) is 4.99 Å². The van der Waals surface area contributed by atoms with E-state index in [-0.39, 0.29) is 24.3 Å².